The van der Waals surface area contributed by atoms with Crippen molar-refractivity contribution in [2.45, 2.75) is 25.9 Å². The summed E-state index contributed by atoms with van der Waals surface area (Å²) in [5.74, 6) is 0.996. The van der Waals surface area contributed by atoms with Crippen LogP contribution in [0.5, 0.6) is 11.5 Å². The van der Waals surface area contributed by atoms with Gasteiger partial charge < -0.3 is 14.8 Å². The summed E-state index contributed by atoms with van der Waals surface area (Å²) in [7, 11) is 3.14. The van der Waals surface area contributed by atoms with Crippen LogP contribution < -0.4 is 14.8 Å². The van der Waals surface area contributed by atoms with Crippen molar-refractivity contribution < 1.29 is 14.3 Å². The van der Waals surface area contributed by atoms with Crippen molar-refractivity contribution in [3.8, 4) is 11.5 Å². The molecule has 26 heavy (non-hydrogen) atoms. The van der Waals surface area contributed by atoms with Crippen molar-refractivity contribution in [2.24, 2.45) is 0 Å². The molecule has 2 aromatic carbocycles. The number of amides is 1. The molecule has 0 aliphatic carbocycles. The molecular formula is C21H26N2O3. The first-order chi connectivity index (χ1) is 12.7. The number of nitrogens with zero attached hydrogens (tertiary/aromatic N) is 1. The van der Waals surface area contributed by atoms with E-state index >= 15 is 0 Å². The second kappa shape index (κ2) is 8.72. The van der Waals surface area contributed by atoms with Gasteiger partial charge in [-0.3, -0.25) is 9.69 Å². The number of methoxy groups -OCH3 is 2. The summed E-state index contributed by atoms with van der Waals surface area (Å²) in [5, 5.41) is 3.01. The maximum atomic E-state index is 12.7. The van der Waals surface area contributed by atoms with Gasteiger partial charge in [-0.15, -0.1) is 0 Å². The number of benzene rings is 2. The van der Waals surface area contributed by atoms with E-state index in [1.807, 2.05) is 6.07 Å². The SMILES string of the molecule is COc1ccc(OC)c(C(=O)NCc2ccccc2CN2CCCC2)c1. The molecule has 0 saturated carbocycles. The molecule has 3 rings (SSSR count). The maximum Gasteiger partial charge on any atom is 0.255 e. The lowest BCUT2D eigenvalue weighted by Crippen LogP contribution is -2.25. The zero-order valence-corrected chi connectivity index (χ0v) is 15.5. The molecule has 0 spiro atoms. The maximum absolute atomic E-state index is 12.7. The minimum atomic E-state index is -0.170. The van der Waals surface area contributed by atoms with Gasteiger partial charge in [0.1, 0.15) is 11.5 Å². The van der Waals surface area contributed by atoms with Gasteiger partial charge in [-0.2, -0.15) is 0 Å². The topological polar surface area (TPSA) is 50.8 Å². The van der Waals surface area contributed by atoms with Crippen LogP contribution in [0.15, 0.2) is 42.5 Å². The molecule has 1 saturated heterocycles. The van der Waals surface area contributed by atoms with Gasteiger partial charge in [-0.1, -0.05) is 24.3 Å². The highest BCUT2D eigenvalue weighted by atomic mass is 16.5. The summed E-state index contributed by atoms with van der Waals surface area (Å²) in [5.41, 5.74) is 2.89. The molecule has 0 unspecified atom stereocenters. The van der Waals surface area contributed by atoms with E-state index in [-0.39, 0.29) is 5.91 Å². The highest BCUT2D eigenvalue weighted by Crippen LogP contribution is 2.24. The van der Waals surface area contributed by atoms with Gasteiger partial charge in [0, 0.05) is 13.1 Å². The van der Waals surface area contributed by atoms with Gasteiger partial charge >= 0.3 is 0 Å². The highest BCUT2D eigenvalue weighted by molar-refractivity contribution is 5.97. The van der Waals surface area contributed by atoms with Crippen molar-refractivity contribution >= 4 is 5.91 Å². The normalized spacial score (nSPS) is 14.2. The number of carbonyl (C=O) groups is 1. The Kier molecular flexibility index (Phi) is 6.12. The molecule has 0 aromatic heterocycles. The lowest BCUT2D eigenvalue weighted by Gasteiger charge is -2.18. The molecule has 0 bridgehead atoms. The van der Waals surface area contributed by atoms with Gasteiger partial charge in [0.15, 0.2) is 0 Å². The summed E-state index contributed by atoms with van der Waals surface area (Å²) in [6, 6.07) is 13.5. The van der Waals surface area contributed by atoms with Crippen molar-refractivity contribution in [2.75, 3.05) is 27.3 Å². The zero-order chi connectivity index (χ0) is 18.4. The molecule has 0 radical (unpaired) electrons. The number of hydrogen-bond acceptors (Lipinski definition) is 4. The minimum absolute atomic E-state index is 0.170. The summed E-state index contributed by atoms with van der Waals surface area (Å²) in [6.07, 6.45) is 2.54. The first-order valence-electron chi connectivity index (χ1n) is 9.00. The standard InChI is InChI=1S/C21H26N2O3/c1-25-18-9-10-20(26-2)19(13-18)21(24)22-14-16-7-3-4-8-17(16)15-23-11-5-6-12-23/h3-4,7-10,13H,5-6,11-12,14-15H2,1-2H3,(H,22,24). The fourth-order valence-corrected chi connectivity index (χ4v) is 3.33. The Bertz CT molecular complexity index is 755. The number of likely N-dealkylation sites (tertiary alicyclic amines) is 1. The Morgan fingerprint density at radius 1 is 1.04 bits per heavy atom. The van der Waals surface area contributed by atoms with E-state index in [0.29, 0.717) is 23.6 Å². The molecule has 1 fully saturated rings. The predicted molar refractivity (Wildman–Crippen MR) is 102 cm³/mol. The van der Waals surface area contributed by atoms with E-state index in [0.717, 1.165) is 25.2 Å². The van der Waals surface area contributed by atoms with Crippen LogP contribution in [0.2, 0.25) is 0 Å². The lowest BCUT2D eigenvalue weighted by molar-refractivity contribution is 0.0947. The number of hydrogen-bond donors (Lipinski definition) is 1. The molecule has 2 aromatic rings. The second-order valence-electron chi connectivity index (χ2n) is 6.50. The van der Waals surface area contributed by atoms with Crippen molar-refractivity contribution in [3.05, 3.63) is 59.2 Å². The Morgan fingerprint density at radius 2 is 1.77 bits per heavy atom. The summed E-state index contributed by atoms with van der Waals surface area (Å²) >= 11 is 0. The molecule has 5 nitrogen and oxygen atoms in total. The number of rotatable bonds is 7. The van der Waals surface area contributed by atoms with Crippen molar-refractivity contribution in [3.63, 3.8) is 0 Å². The zero-order valence-electron chi connectivity index (χ0n) is 15.5. The number of carbonyl (C=O) groups excluding carboxylic acids is 1. The number of ether oxygens (including phenoxy) is 2. The third kappa shape index (κ3) is 4.35. The molecule has 1 N–H and O–H groups in total. The average molecular weight is 354 g/mol. The van der Waals surface area contributed by atoms with Crippen LogP contribution in [-0.4, -0.2) is 38.1 Å². The highest BCUT2D eigenvalue weighted by Gasteiger charge is 2.16. The molecule has 138 valence electrons. The van der Waals surface area contributed by atoms with E-state index in [1.165, 1.54) is 18.4 Å². The Hall–Kier alpha value is -2.53. The average Bonchev–Trinajstić information content (AvgIpc) is 3.19. The Labute approximate surface area is 154 Å². The third-order valence-corrected chi connectivity index (χ3v) is 4.80. The first kappa shape index (κ1) is 18.3. The summed E-state index contributed by atoms with van der Waals surface area (Å²) < 4.78 is 10.5. The summed E-state index contributed by atoms with van der Waals surface area (Å²) in [6.45, 7) is 3.74. The van der Waals surface area contributed by atoms with Crippen LogP contribution in [0.4, 0.5) is 0 Å². The van der Waals surface area contributed by atoms with E-state index in [9.17, 15) is 4.79 Å². The molecule has 1 aliphatic rings. The van der Waals surface area contributed by atoms with Crippen LogP contribution in [-0.2, 0) is 13.1 Å². The molecule has 1 amide bonds. The Morgan fingerprint density at radius 3 is 2.46 bits per heavy atom. The van der Waals surface area contributed by atoms with Crippen molar-refractivity contribution in [1.82, 2.24) is 10.2 Å². The third-order valence-electron chi connectivity index (χ3n) is 4.80. The fourth-order valence-electron chi connectivity index (χ4n) is 3.33. The van der Waals surface area contributed by atoms with E-state index in [4.69, 9.17) is 9.47 Å². The fraction of sp³-hybridized carbons (Fsp3) is 0.381. The molecule has 1 aliphatic heterocycles. The van der Waals surface area contributed by atoms with Gasteiger partial charge in [0.2, 0.25) is 0 Å². The largest absolute Gasteiger partial charge is 0.497 e. The predicted octanol–water partition coefficient (Wildman–Crippen LogP) is 3.23. The molecule has 5 heteroatoms. The van der Waals surface area contributed by atoms with Crippen LogP contribution >= 0.6 is 0 Å². The summed E-state index contributed by atoms with van der Waals surface area (Å²) in [4.78, 5) is 15.1. The van der Waals surface area contributed by atoms with E-state index in [1.54, 1.807) is 32.4 Å². The van der Waals surface area contributed by atoms with E-state index in [2.05, 4.69) is 28.4 Å². The van der Waals surface area contributed by atoms with Crippen LogP contribution in [0.25, 0.3) is 0 Å². The number of nitrogens with one attached hydrogen (secondary N) is 1. The van der Waals surface area contributed by atoms with Crippen LogP contribution in [0.3, 0.4) is 0 Å². The quantitative estimate of drug-likeness (QED) is 0.829. The minimum Gasteiger partial charge on any atom is -0.497 e. The molecule has 1 heterocycles. The molecule has 0 atom stereocenters. The molecular weight excluding hydrogens is 328 g/mol. The van der Waals surface area contributed by atoms with Gasteiger partial charge in [-0.25, -0.2) is 0 Å². The first-order valence-corrected chi connectivity index (χ1v) is 9.00. The van der Waals surface area contributed by atoms with Crippen LogP contribution in [0.1, 0.15) is 34.3 Å². The van der Waals surface area contributed by atoms with Gasteiger partial charge in [0.05, 0.1) is 19.8 Å². The Balaban J connectivity index is 1.70. The van der Waals surface area contributed by atoms with E-state index < -0.39 is 0 Å². The second-order valence-corrected chi connectivity index (χ2v) is 6.50. The lowest BCUT2D eigenvalue weighted by atomic mass is 10.1. The smallest absolute Gasteiger partial charge is 0.255 e. The van der Waals surface area contributed by atoms with Crippen LogP contribution in [0, 0.1) is 0 Å². The monoisotopic (exact) mass is 354 g/mol. The van der Waals surface area contributed by atoms with Crippen molar-refractivity contribution in [1.29, 1.82) is 0 Å². The van der Waals surface area contributed by atoms with Gasteiger partial charge in [0.25, 0.3) is 5.91 Å². The van der Waals surface area contributed by atoms with Gasteiger partial charge in [-0.05, 0) is 55.3 Å².